The Morgan fingerprint density at radius 2 is 1.77 bits per heavy atom. The molecule has 3 saturated heterocycles. The Hall–Kier alpha value is -6.32. The second-order valence-corrected chi connectivity index (χ2v) is 21.4. The Labute approximate surface area is 412 Å². The first-order valence-electron chi connectivity index (χ1n) is 24.3. The van der Waals surface area contributed by atoms with Crippen LogP contribution in [0, 0.1) is 23.2 Å². The molecule has 4 amide bonds. The number of terminal acetylenes is 1. The molecule has 1 aliphatic carbocycles. The van der Waals surface area contributed by atoms with Gasteiger partial charge in [0, 0.05) is 102 Å². The smallest absolute Gasteiger partial charge is 0.318 e. The van der Waals surface area contributed by atoms with Crippen molar-refractivity contribution in [2.24, 2.45) is 10.8 Å². The first kappa shape index (κ1) is 47.4. The lowest BCUT2D eigenvalue weighted by Crippen LogP contribution is -2.70. The van der Waals surface area contributed by atoms with E-state index in [2.05, 4.69) is 41.5 Å². The molecule has 4 fully saturated rings. The fourth-order valence-corrected chi connectivity index (χ4v) is 11.7. The summed E-state index contributed by atoms with van der Waals surface area (Å²) in [7, 11) is 0. The lowest BCUT2D eigenvalue weighted by molar-refractivity contribution is -0.142. The first-order chi connectivity index (χ1) is 33.6. The van der Waals surface area contributed by atoms with Gasteiger partial charge in [-0.2, -0.15) is 0 Å². The fourth-order valence-electron chi connectivity index (χ4n) is 11.5. The van der Waals surface area contributed by atoms with Gasteiger partial charge in [0.25, 0.3) is 0 Å². The van der Waals surface area contributed by atoms with Gasteiger partial charge in [-0.25, -0.2) is 14.8 Å². The van der Waals surface area contributed by atoms with Gasteiger partial charge in [0.05, 0.1) is 24.4 Å². The van der Waals surface area contributed by atoms with E-state index >= 15 is 0 Å². The molecule has 10 rings (SSSR count). The number of H-pyrrole nitrogens is 1. The van der Waals surface area contributed by atoms with E-state index in [4.69, 9.17) is 28.0 Å². The number of benzene rings is 2. The number of amides is 4. The molecule has 0 bridgehead atoms. The van der Waals surface area contributed by atoms with Crippen LogP contribution >= 0.6 is 11.6 Å². The molecule has 0 radical (unpaired) electrons. The lowest BCUT2D eigenvalue weighted by atomic mass is 9.60. The number of carbonyl (C=O) groups is 3. The summed E-state index contributed by atoms with van der Waals surface area (Å²) in [6.45, 7) is 9.45. The van der Waals surface area contributed by atoms with E-state index in [0.29, 0.717) is 77.0 Å². The average Bonchev–Trinajstić information content (AvgIpc) is 3.91. The number of fused-ring (bicyclic) bond motifs is 3. The molecule has 366 valence electrons. The van der Waals surface area contributed by atoms with Crippen molar-refractivity contribution >= 4 is 46.4 Å². The standard InChI is InChI=1S/C52H60ClN11O6/c1-5-30-10-11-32(38(53)18-30)23-54-47(68)41-19-35(66)26-64(41)48(69)45(51(2,3)4)58-50(70)62-28-52(29-62)21-34(22-52)61-15-12-31(13-16-61)33-24-55-49(56-25-33)63-17-14-39-44(42(63)27-65)37-20-40(59-60-46(37)57-39)36-8-6-7-9-43(36)67/h1,6-11,18,20,24-25,31,34-35,41-42,45,65-67H,12-17,19,21-23,26-29H2,2-4H3,(H,54,68)(H,57,60)(H,58,70)/t35-,41+,42-,45-/m1/s1. The number of likely N-dealkylation sites (tertiary alicyclic amines) is 3. The number of aromatic hydroxyl groups is 1. The number of hydrogen-bond donors (Lipinski definition) is 6. The number of phenolic OH excluding ortho intramolecular Hbond substituents is 1. The Bertz CT molecular complexity index is 2840. The Morgan fingerprint density at radius 3 is 2.46 bits per heavy atom. The predicted octanol–water partition coefficient (Wildman–Crippen LogP) is 4.90. The van der Waals surface area contributed by atoms with Crippen molar-refractivity contribution in [1.29, 1.82) is 0 Å². The minimum atomic E-state index is -0.918. The number of rotatable bonds is 10. The number of aliphatic hydroxyl groups excluding tert-OH is 2. The number of piperidine rings is 1. The molecule has 1 spiro atoms. The number of phenols is 1. The third-order valence-electron chi connectivity index (χ3n) is 15.4. The minimum absolute atomic E-state index is 0.0105. The van der Waals surface area contributed by atoms with Crippen molar-refractivity contribution < 1.29 is 29.7 Å². The van der Waals surface area contributed by atoms with Crippen molar-refractivity contribution in [1.82, 2.24) is 50.5 Å². The van der Waals surface area contributed by atoms with Gasteiger partial charge in [0.15, 0.2) is 5.65 Å². The summed E-state index contributed by atoms with van der Waals surface area (Å²) >= 11 is 6.38. The molecule has 4 atom stereocenters. The van der Waals surface area contributed by atoms with Crippen molar-refractivity contribution in [3.8, 4) is 29.4 Å². The maximum atomic E-state index is 14.2. The topological polar surface area (TPSA) is 216 Å². The molecule has 70 heavy (non-hydrogen) atoms. The number of aliphatic hydroxyl groups is 2. The van der Waals surface area contributed by atoms with Gasteiger partial charge in [-0.15, -0.1) is 16.6 Å². The van der Waals surface area contributed by atoms with Crippen LogP contribution in [-0.2, 0) is 22.6 Å². The summed E-state index contributed by atoms with van der Waals surface area (Å²) in [5.74, 6) is 2.75. The number of nitrogens with one attached hydrogen (secondary N) is 3. The highest BCUT2D eigenvalue weighted by Gasteiger charge is 2.56. The monoisotopic (exact) mass is 969 g/mol. The van der Waals surface area contributed by atoms with E-state index in [1.807, 2.05) is 45.3 Å². The van der Waals surface area contributed by atoms with E-state index in [-0.39, 0.29) is 49.4 Å². The van der Waals surface area contributed by atoms with Crippen LogP contribution in [0.3, 0.4) is 0 Å². The zero-order valence-corrected chi connectivity index (χ0v) is 40.5. The summed E-state index contributed by atoms with van der Waals surface area (Å²) in [6.07, 6.45) is 13.3. The SMILES string of the molecule is C#Cc1ccc(CNC(=O)[C@@H]2C[C@@H](O)CN2C(=O)[C@@H](NC(=O)N2CC3(CC(N4CCC(c5cnc(N6CCc7[nH]c8nnc(-c9ccccc9O)cc8c7[C@H]6CO)nc5)CC4)C3)C2)C(C)(C)C)c(Cl)c1. The molecule has 2 aromatic carbocycles. The summed E-state index contributed by atoms with van der Waals surface area (Å²) in [4.78, 5) is 62.3. The molecule has 6 N–H and O–H groups in total. The zero-order valence-electron chi connectivity index (χ0n) is 39.7. The number of halogens is 1. The van der Waals surface area contributed by atoms with Crippen molar-refractivity contribution in [2.75, 3.05) is 50.8 Å². The highest BCUT2D eigenvalue weighted by Crippen LogP contribution is 2.51. The van der Waals surface area contributed by atoms with Crippen molar-refractivity contribution in [3.63, 3.8) is 0 Å². The number of aromatic amines is 1. The second-order valence-electron chi connectivity index (χ2n) is 21.0. The Morgan fingerprint density at radius 1 is 1.03 bits per heavy atom. The van der Waals surface area contributed by atoms with Crippen LogP contribution in [0.25, 0.3) is 22.3 Å². The molecular formula is C52H60ClN11O6. The molecule has 1 saturated carbocycles. The van der Waals surface area contributed by atoms with E-state index in [0.717, 1.165) is 61.0 Å². The number of urea groups is 1. The highest BCUT2D eigenvalue weighted by molar-refractivity contribution is 6.31. The molecule has 5 aromatic rings. The van der Waals surface area contributed by atoms with Gasteiger partial charge in [-0.1, -0.05) is 56.5 Å². The molecule has 5 aliphatic rings. The maximum absolute atomic E-state index is 14.2. The molecule has 0 unspecified atom stereocenters. The van der Waals surface area contributed by atoms with Crippen LogP contribution in [0.15, 0.2) is 60.9 Å². The summed E-state index contributed by atoms with van der Waals surface area (Å²) in [5, 5.41) is 47.8. The van der Waals surface area contributed by atoms with E-state index in [1.165, 1.54) is 4.90 Å². The largest absolute Gasteiger partial charge is 0.507 e. The third kappa shape index (κ3) is 9.02. The van der Waals surface area contributed by atoms with Crippen LogP contribution < -0.4 is 15.5 Å². The molecule has 17 nitrogen and oxygen atoms in total. The maximum Gasteiger partial charge on any atom is 0.318 e. The third-order valence-corrected chi connectivity index (χ3v) is 15.7. The summed E-state index contributed by atoms with van der Waals surface area (Å²) < 4.78 is 0. The number of carbonyl (C=O) groups excluding carboxylic acids is 3. The number of para-hydroxylation sites is 1. The average molecular weight is 971 g/mol. The molecule has 4 aliphatic heterocycles. The quantitative estimate of drug-likeness (QED) is 0.103. The Balaban J connectivity index is 0.700. The number of nitrogens with zero attached hydrogens (tertiary/aromatic N) is 8. The molecule has 7 heterocycles. The highest BCUT2D eigenvalue weighted by atomic mass is 35.5. The van der Waals surface area contributed by atoms with Crippen LogP contribution in [0.1, 0.15) is 92.8 Å². The van der Waals surface area contributed by atoms with Crippen LogP contribution in [0.2, 0.25) is 5.02 Å². The van der Waals surface area contributed by atoms with Gasteiger partial charge in [0.2, 0.25) is 17.8 Å². The fraction of sp³-hybridized carbons (Fsp3) is 0.481. The Kier molecular flexibility index (Phi) is 12.7. The van der Waals surface area contributed by atoms with Gasteiger partial charge in [0.1, 0.15) is 17.8 Å². The van der Waals surface area contributed by atoms with E-state index in [9.17, 15) is 29.7 Å². The second kappa shape index (κ2) is 18.8. The normalized spacial score (nSPS) is 22.0. The molecule has 3 aromatic heterocycles. The van der Waals surface area contributed by atoms with Gasteiger partial charge >= 0.3 is 6.03 Å². The molecule has 18 heteroatoms. The van der Waals surface area contributed by atoms with E-state index in [1.54, 1.807) is 41.3 Å². The van der Waals surface area contributed by atoms with Gasteiger partial charge in [-0.3, -0.25) is 9.59 Å². The number of anilines is 1. The van der Waals surface area contributed by atoms with Gasteiger partial charge in [-0.05, 0) is 91.6 Å². The van der Waals surface area contributed by atoms with E-state index < -0.39 is 35.4 Å². The zero-order chi connectivity index (χ0) is 49.1. The minimum Gasteiger partial charge on any atom is -0.507 e. The van der Waals surface area contributed by atoms with Gasteiger partial charge < -0.3 is 50.5 Å². The van der Waals surface area contributed by atoms with Crippen molar-refractivity contribution in [3.05, 3.63) is 93.9 Å². The van der Waals surface area contributed by atoms with Crippen LogP contribution in [-0.4, -0.2) is 143 Å². The number of aromatic nitrogens is 5. The summed E-state index contributed by atoms with van der Waals surface area (Å²) in [5.41, 5.74) is 5.53. The number of hydrogen-bond acceptors (Lipinski definition) is 12. The molecular weight excluding hydrogens is 910 g/mol. The van der Waals surface area contributed by atoms with Crippen LogP contribution in [0.5, 0.6) is 5.75 Å². The van der Waals surface area contributed by atoms with Crippen molar-refractivity contribution in [2.45, 2.75) is 102 Å². The summed E-state index contributed by atoms with van der Waals surface area (Å²) in [6, 6.07) is 12.0. The number of β-amino-alcohol motifs (C(OH)–C–C–N with tert-alkyl or cyclic N) is 1. The first-order valence-corrected chi connectivity index (χ1v) is 24.7. The predicted molar refractivity (Wildman–Crippen MR) is 264 cm³/mol. The van der Waals surface area contributed by atoms with Crippen LogP contribution in [0.4, 0.5) is 10.7 Å². The lowest BCUT2D eigenvalue weighted by Gasteiger charge is -2.61.